The van der Waals surface area contributed by atoms with Crippen molar-refractivity contribution in [1.82, 2.24) is 4.98 Å². The van der Waals surface area contributed by atoms with E-state index in [1.165, 1.54) is 18.2 Å². The molecule has 0 atom stereocenters. The highest BCUT2D eigenvalue weighted by Gasteiger charge is 2.12. The van der Waals surface area contributed by atoms with Crippen molar-refractivity contribution in [3.05, 3.63) is 79.3 Å². The van der Waals surface area contributed by atoms with Crippen LogP contribution in [0.4, 0.5) is 5.69 Å². The lowest BCUT2D eigenvalue weighted by Gasteiger charge is -2.01. The number of nitro benzene ring substituents is 1. The van der Waals surface area contributed by atoms with Crippen LogP contribution in [0.1, 0.15) is 11.3 Å². The van der Waals surface area contributed by atoms with E-state index in [0.29, 0.717) is 10.6 Å². The number of non-ortho nitro benzene ring substituents is 1. The van der Waals surface area contributed by atoms with E-state index in [0.717, 1.165) is 6.08 Å². The smallest absolute Gasteiger partial charge is 0.362 e. The van der Waals surface area contributed by atoms with Gasteiger partial charge in [-0.1, -0.05) is 11.6 Å². The molecule has 0 saturated carbocycles. The molecule has 0 aliphatic heterocycles. The first-order chi connectivity index (χ1) is 11.4. The average Bonchev–Trinajstić information content (AvgIpc) is 2.55. The summed E-state index contributed by atoms with van der Waals surface area (Å²) in [6.45, 7) is 0. The molecule has 24 heavy (non-hydrogen) atoms. The van der Waals surface area contributed by atoms with Gasteiger partial charge in [-0.2, -0.15) is 0 Å². The summed E-state index contributed by atoms with van der Waals surface area (Å²) in [6, 6.07) is 10.0. The van der Waals surface area contributed by atoms with Gasteiger partial charge in [0.25, 0.3) is 5.69 Å². The van der Waals surface area contributed by atoms with Gasteiger partial charge in [0.1, 0.15) is 11.3 Å². The summed E-state index contributed by atoms with van der Waals surface area (Å²) in [7, 11) is 0. The number of nitro groups is 1. The minimum atomic E-state index is -0.767. The van der Waals surface area contributed by atoms with Crippen LogP contribution in [0.25, 0.3) is 22.9 Å². The van der Waals surface area contributed by atoms with Crippen LogP contribution in [0.2, 0.25) is 5.02 Å². The highest BCUT2D eigenvalue weighted by Crippen LogP contribution is 2.20. The largest absolute Gasteiger partial charge is 0.507 e. The Labute approximate surface area is 139 Å². The summed E-state index contributed by atoms with van der Waals surface area (Å²) < 4.78 is 5.07. The van der Waals surface area contributed by atoms with E-state index in [1.807, 2.05) is 0 Å². The number of aliphatic hydroxyl groups is 1. The van der Waals surface area contributed by atoms with Crippen molar-refractivity contribution >= 4 is 40.2 Å². The minimum absolute atomic E-state index is 0.119. The fourth-order valence-corrected chi connectivity index (χ4v) is 2.17. The zero-order valence-electron chi connectivity index (χ0n) is 12.0. The lowest BCUT2D eigenvalue weighted by molar-refractivity contribution is -0.384. The standard InChI is InChI=1S/C16H9ClN2O5/c17-10-3-1-9(2-4-10)14(20)8-13-16(21)24-15-6-5-11(19(22)23)7-12(15)18-13/h1-8,20H. The van der Waals surface area contributed by atoms with Gasteiger partial charge in [0.2, 0.25) is 0 Å². The summed E-state index contributed by atoms with van der Waals surface area (Å²) in [5, 5.41) is 21.4. The minimum Gasteiger partial charge on any atom is -0.507 e. The normalized spacial score (nSPS) is 11.6. The van der Waals surface area contributed by atoms with Gasteiger partial charge in [-0.25, -0.2) is 9.78 Å². The Kier molecular flexibility index (Phi) is 4.01. The molecule has 2 aromatic carbocycles. The molecule has 0 amide bonds. The lowest BCUT2D eigenvalue weighted by atomic mass is 10.1. The Hall–Kier alpha value is -3.19. The van der Waals surface area contributed by atoms with Crippen LogP contribution in [0.3, 0.4) is 0 Å². The van der Waals surface area contributed by atoms with Gasteiger partial charge in [-0.15, -0.1) is 0 Å². The molecule has 1 N–H and O–H groups in total. The second-order valence-electron chi connectivity index (χ2n) is 4.83. The molecule has 1 heterocycles. The van der Waals surface area contributed by atoms with Crippen molar-refractivity contribution < 1.29 is 14.4 Å². The van der Waals surface area contributed by atoms with Crippen molar-refractivity contribution in [2.45, 2.75) is 0 Å². The Bertz CT molecular complexity index is 1020. The first-order valence-corrected chi connectivity index (χ1v) is 7.08. The second kappa shape index (κ2) is 6.13. The second-order valence-corrected chi connectivity index (χ2v) is 5.27. The van der Waals surface area contributed by atoms with Crippen LogP contribution in [0, 0.1) is 10.1 Å². The van der Waals surface area contributed by atoms with E-state index in [2.05, 4.69) is 4.98 Å². The third kappa shape index (κ3) is 3.11. The molecule has 0 bridgehead atoms. The molecule has 7 nitrogen and oxygen atoms in total. The van der Waals surface area contributed by atoms with Gasteiger partial charge in [-0.05, 0) is 30.3 Å². The average molecular weight is 345 g/mol. The third-order valence-corrected chi connectivity index (χ3v) is 3.47. The van der Waals surface area contributed by atoms with Crippen molar-refractivity contribution in [1.29, 1.82) is 0 Å². The van der Waals surface area contributed by atoms with Crippen LogP contribution in [-0.4, -0.2) is 15.0 Å². The lowest BCUT2D eigenvalue weighted by Crippen LogP contribution is -2.06. The SMILES string of the molecule is O=c1oc2ccc([N+](=O)[O-])cc2nc1C=C(O)c1ccc(Cl)cc1. The van der Waals surface area contributed by atoms with E-state index in [9.17, 15) is 20.0 Å². The molecule has 0 unspecified atom stereocenters. The maximum absolute atomic E-state index is 11.9. The number of hydrogen-bond donors (Lipinski definition) is 1. The predicted octanol–water partition coefficient (Wildman–Crippen LogP) is 3.81. The molecule has 0 aliphatic carbocycles. The number of aliphatic hydroxyl groups excluding tert-OH is 1. The number of fused-ring (bicyclic) bond motifs is 1. The van der Waals surface area contributed by atoms with E-state index in [4.69, 9.17) is 16.0 Å². The fraction of sp³-hybridized carbons (Fsp3) is 0. The van der Waals surface area contributed by atoms with Gasteiger partial charge in [0.05, 0.1) is 4.92 Å². The Morgan fingerprint density at radius 3 is 2.62 bits per heavy atom. The van der Waals surface area contributed by atoms with Crippen LogP contribution in [0.15, 0.2) is 51.7 Å². The molecule has 0 fully saturated rings. The summed E-state index contributed by atoms with van der Waals surface area (Å²) in [5.74, 6) is -0.212. The molecule has 0 aliphatic rings. The van der Waals surface area contributed by atoms with Gasteiger partial charge < -0.3 is 9.52 Å². The van der Waals surface area contributed by atoms with E-state index in [-0.39, 0.29) is 28.2 Å². The third-order valence-electron chi connectivity index (χ3n) is 3.22. The summed E-state index contributed by atoms with van der Waals surface area (Å²) in [5.41, 5.74) is -0.430. The molecule has 0 spiro atoms. The summed E-state index contributed by atoms with van der Waals surface area (Å²) >= 11 is 5.77. The van der Waals surface area contributed by atoms with Crippen molar-refractivity contribution in [3.63, 3.8) is 0 Å². The van der Waals surface area contributed by atoms with Crippen molar-refractivity contribution in [3.8, 4) is 0 Å². The number of hydrogen-bond acceptors (Lipinski definition) is 6. The van der Waals surface area contributed by atoms with E-state index < -0.39 is 10.5 Å². The maximum Gasteiger partial charge on any atom is 0.362 e. The molecule has 120 valence electrons. The topological polar surface area (TPSA) is 106 Å². The number of aromatic nitrogens is 1. The van der Waals surface area contributed by atoms with Crippen molar-refractivity contribution in [2.75, 3.05) is 0 Å². The first-order valence-electron chi connectivity index (χ1n) is 6.70. The molecule has 1 aromatic heterocycles. The predicted molar refractivity (Wildman–Crippen MR) is 88.9 cm³/mol. The molecule has 3 rings (SSSR count). The summed E-state index contributed by atoms with van der Waals surface area (Å²) in [4.78, 5) is 26.2. The Morgan fingerprint density at radius 2 is 1.96 bits per heavy atom. The Morgan fingerprint density at radius 1 is 1.25 bits per heavy atom. The molecule has 3 aromatic rings. The van der Waals surface area contributed by atoms with E-state index >= 15 is 0 Å². The zero-order chi connectivity index (χ0) is 17.3. The summed E-state index contributed by atoms with van der Waals surface area (Å²) in [6.07, 6.45) is 1.13. The molecule has 0 radical (unpaired) electrons. The van der Waals surface area contributed by atoms with Crippen molar-refractivity contribution in [2.24, 2.45) is 0 Å². The van der Waals surface area contributed by atoms with Crippen LogP contribution < -0.4 is 5.63 Å². The molecule has 8 heteroatoms. The fourth-order valence-electron chi connectivity index (χ4n) is 2.05. The van der Waals surface area contributed by atoms with Crippen LogP contribution >= 0.6 is 11.6 Å². The molecular formula is C16H9ClN2O5. The van der Waals surface area contributed by atoms with Gasteiger partial charge in [0.15, 0.2) is 11.3 Å². The van der Waals surface area contributed by atoms with Crippen LogP contribution in [-0.2, 0) is 0 Å². The molecular weight excluding hydrogens is 336 g/mol. The van der Waals surface area contributed by atoms with E-state index in [1.54, 1.807) is 24.3 Å². The highest BCUT2D eigenvalue weighted by atomic mass is 35.5. The zero-order valence-corrected chi connectivity index (χ0v) is 12.7. The van der Waals surface area contributed by atoms with Crippen LogP contribution in [0.5, 0.6) is 0 Å². The van der Waals surface area contributed by atoms with Gasteiger partial charge in [-0.3, -0.25) is 10.1 Å². The number of halogens is 1. The Balaban J connectivity index is 2.09. The van der Waals surface area contributed by atoms with Gasteiger partial charge >= 0.3 is 5.63 Å². The monoisotopic (exact) mass is 344 g/mol. The number of benzene rings is 2. The quantitative estimate of drug-likeness (QED) is 0.440. The van der Waals surface area contributed by atoms with Gasteiger partial charge in [0, 0.05) is 28.8 Å². The first kappa shape index (κ1) is 15.7. The number of rotatable bonds is 3. The highest BCUT2D eigenvalue weighted by molar-refractivity contribution is 6.30. The molecule has 0 saturated heterocycles. The number of nitrogens with zero attached hydrogens (tertiary/aromatic N) is 2. The maximum atomic E-state index is 11.9.